The van der Waals surface area contributed by atoms with Gasteiger partial charge in [0.2, 0.25) is 0 Å². The molecule has 0 saturated heterocycles. The maximum atomic E-state index is 5.52. The average molecular weight is 777 g/mol. The summed E-state index contributed by atoms with van der Waals surface area (Å²) in [5.41, 5.74) is 15.0. The molecular weight excluding hydrogens is 737 g/mol. The largest absolute Gasteiger partial charge is 0.228 e. The summed E-state index contributed by atoms with van der Waals surface area (Å²) < 4.78 is 0. The van der Waals surface area contributed by atoms with E-state index in [1.165, 1.54) is 65.7 Å². The Labute approximate surface area is 355 Å². The minimum absolute atomic E-state index is 0.101. The van der Waals surface area contributed by atoms with Crippen molar-refractivity contribution in [1.29, 1.82) is 0 Å². The third-order valence-corrected chi connectivity index (χ3v) is 13.1. The first-order chi connectivity index (χ1) is 30.0. The number of hydrogen-bond acceptors (Lipinski definition) is 2. The van der Waals surface area contributed by atoms with E-state index in [0.29, 0.717) is 5.82 Å². The van der Waals surface area contributed by atoms with Crippen LogP contribution in [0.1, 0.15) is 25.0 Å². The van der Waals surface area contributed by atoms with Crippen molar-refractivity contribution in [1.82, 2.24) is 9.97 Å². The maximum Gasteiger partial charge on any atom is 0.161 e. The molecule has 61 heavy (non-hydrogen) atoms. The first-order valence-corrected chi connectivity index (χ1v) is 21.1. The second-order valence-corrected chi connectivity index (χ2v) is 16.9. The topological polar surface area (TPSA) is 25.8 Å². The zero-order valence-corrected chi connectivity index (χ0v) is 34.0. The monoisotopic (exact) mass is 776 g/mol. The van der Waals surface area contributed by atoms with Crippen LogP contribution in [0.2, 0.25) is 0 Å². The standard InChI is InChI=1S/C59H40N2/c1-59(2)52-27-13-24-46(56(52)51-34-42-17-3-4-18-43(42)35-53(51)59)40-28-30-41(31-29-40)48-33-32-39-16-7-10-23-47(39)57(48)58-60-54(49-25-11-19-37-14-5-8-21-44(37)49)36-55(61-58)50-26-12-20-38-15-6-9-22-45(38)50/h3-36H,1-2H3. The van der Waals surface area contributed by atoms with Crippen LogP contribution in [0.15, 0.2) is 206 Å². The summed E-state index contributed by atoms with van der Waals surface area (Å²) in [5, 5.41) is 9.53. The molecule has 0 amide bonds. The molecule has 1 aliphatic carbocycles. The number of hydrogen-bond donors (Lipinski definition) is 0. The van der Waals surface area contributed by atoms with Crippen LogP contribution in [-0.4, -0.2) is 9.97 Å². The van der Waals surface area contributed by atoms with Crippen LogP contribution in [0.3, 0.4) is 0 Å². The molecule has 1 aromatic heterocycles. The fourth-order valence-electron chi connectivity index (χ4n) is 10.0. The molecule has 1 aliphatic rings. The van der Waals surface area contributed by atoms with Crippen molar-refractivity contribution in [3.63, 3.8) is 0 Å². The Bertz CT molecular complexity index is 3450. The third kappa shape index (κ3) is 5.64. The van der Waals surface area contributed by atoms with Crippen LogP contribution in [-0.2, 0) is 5.41 Å². The van der Waals surface area contributed by atoms with Crippen molar-refractivity contribution in [2.45, 2.75) is 19.3 Å². The lowest BCUT2D eigenvalue weighted by atomic mass is 9.81. The fourth-order valence-corrected chi connectivity index (χ4v) is 10.0. The summed E-state index contributed by atoms with van der Waals surface area (Å²) in [6.07, 6.45) is 0. The summed E-state index contributed by atoms with van der Waals surface area (Å²) in [4.78, 5) is 11.0. The Morgan fingerprint density at radius 2 is 0.770 bits per heavy atom. The van der Waals surface area contributed by atoms with E-state index in [1.54, 1.807) is 0 Å². The van der Waals surface area contributed by atoms with Crippen LogP contribution in [0, 0.1) is 0 Å². The van der Waals surface area contributed by atoms with Gasteiger partial charge in [0, 0.05) is 22.1 Å². The summed E-state index contributed by atoms with van der Waals surface area (Å²) in [7, 11) is 0. The molecule has 0 radical (unpaired) electrons. The Balaban J connectivity index is 1.06. The lowest BCUT2D eigenvalue weighted by molar-refractivity contribution is 0.661. The number of aromatic nitrogens is 2. The molecule has 0 saturated carbocycles. The van der Waals surface area contributed by atoms with E-state index >= 15 is 0 Å². The minimum Gasteiger partial charge on any atom is -0.228 e. The van der Waals surface area contributed by atoms with Gasteiger partial charge in [0.25, 0.3) is 0 Å². The molecule has 0 spiro atoms. The predicted octanol–water partition coefficient (Wildman–Crippen LogP) is 15.7. The molecule has 11 aromatic rings. The molecule has 0 unspecified atom stereocenters. The number of nitrogens with zero attached hydrogens (tertiary/aromatic N) is 2. The first kappa shape index (κ1) is 35.3. The number of benzene rings is 10. The third-order valence-electron chi connectivity index (χ3n) is 13.1. The van der Waals surface area contributed by atoms with Gasteiger partial charge in [-0.2, -0.15) is 0 Å². The maximum absolute atomic E-state index is 5.52. The summed E-state index contributed by atoms with van der Waals surface area (Å²) >= 11 is 0. The van der Waals surface area contributed by atoms with Crippen molar-refractivity contribution in [2.24, 2.45) is 0 Å². The molecule has 12 rings (SSSR count). The van der Waals surface area contributed by atoms with Crippen LogP contribution in [0.25, 0.3) is 110 Å². The molecule has 2 nitrogen and oxygen atoms in total. The molecule has 2 heteroatoms. The molecule has 0 aliphatic heterocycles. The van der Waals surface area contributed by atoms with Gasteiger partial charge < -0.3 is 0 Å². The van der Waals surface area contributed by atoms with Crippen molar-refractivity contribution in [3.05, 3.63) is 217 Å². The van der Waals surface area contributed by atoms with E-state index < -0.39 is 0 Å². The van der Waals surface area contributed by atoms with E-state index in [9.17, 15) is 0 Å². The van der Waals surface area contributed by atoms with Gasteiger partial charge in [-0.1, -0.05) is 202 Å². The van der Waals surface area contributed by atoms with Gasteiger partial charge in [-0.25, -0.2) is 9.97 Å². The van der Waals surface area contributed by atoms with E-state index in [0.717, 1.165) is 50.0 Å². The van der Waals surface area contributed by atoms with Gasteiger partial charge in [-0.3, -0.25) is 0 Å². The van der Waals surface area contributed by atoms with Crippen molar-refractivity contribution in [2.75, 3.05) is 0 Å². The van der Waals surface area contributed by atoms with Gasteiger partial charge in [-0.15, -0.1) is 0 Å². The molecule has 1 heterocycles. The fraction of sp³-hybridized carbons (Fsp3) is 0.0508. The van der Waals surface area contributed by atoms with Gasteiger partial charge in [0.15, 0.2) is 5.82 Å². The highest BCUT2D eigenvalue weighted by Crippen LogP contribution is 2.53. The highest BCUT2D eigenvalue weighted by atomic mass is 14.9. The van der Waals surface area contributed by atoms with E-state index in [2.05, 4.69) is 220 Å². The SMILES string of the molecule is CC1(C)c2cc3ccccc3cc2-c2c(-c3ccc(-c4ccc5ccccc5c4-c4nc(-c5cccc6ccccc56)cc(-c5cccc6ccccc56)n4)cc3)cccc21. The van der Waals surface area contributed by atoms with Crippen LogP contribution < -0.4 is 0 Å². The Morgan fingerprint density at radius 3 is 1.38 bits per heavy atom. The van der Waals surface area contributed by atoms with Crippen LogP contribution in [0.5, 0.6) is 0 Å². The lowest BCUT2D eigenvalue weighted by Gasteiger charge is -2.22. The minimum atomic E-state index is -0.101. The average Bonchev–Trinajstić information content (AvgIpc) is 3.54. The van der Waals surface area contributed by atoms with Crippen molar-refractivity contribution < 1.29 is 0 Å². The molecule has 0 atom stereocenters. The smallest absolute Gasteiger partial charge is 0.161 e. The second kappa shape index (κ2) is 13.7. The predicted molar refractivity (Wildman–Crippen MR) is 257 cm³/mol. The molecule has 0 N–H and O–H groups in total. The van der Waals surface area contributed by atoms with E-state index in [1.807, 2.05) is 0 Å². The molecule has 286 valence electrons. The number of fused-ring (bicyclic) bond motifs is 7. The highest BCUT2D eigenvalue weighted by Gasteiger charge is 2.37. The number of rotatable bonds is 5. The first-order valence-electron chi connectivity index (χ1n) is 21.1. The molecular formula is C59H40N2. The summed E-state index contributed by atoms with van der Waals surface area (Å²) in [5.74, 6) is 0.705. The van der Waals surface area contributed by atoms with Gasteiger partial charge in [0.1, 0.15) is 0 Å². The van der Waals surface area contributed by atoms with Gasteiger partial charge in [0.05, 0.1) is 11.4 Å². The Morgan fingerprint density at radius 1 is 0.311 bits per heavy atom. The zero-order chi connectivity index (χ0) is 40.7. The Kier molecular flexibility index (Phi) is 7.92. The molecule has 0 fully saturated rings. The van der Waals surface area contributed by atoms with Crippen LogP contribution in [0.4, 0.5) is 0 Å². The Hall–Kier alpha value is -7.68. The van der Waals surface area contributed by atoms with Crippen molar-refractivity contribution >= 4 is 43.1 Å². The quantitative estimate of drug-likeness (QED) is 0.174. The highest BCUT2D eigenvalue weighted by molar-refractivity contribution is 6.05. The molecule has 0 bridgehead atoms. The van der Waals surface area contributed by atoms with Gasteiger partial charge >= 0.3 is 0 Å². The van der Waals surface area contributed by atoms with E-state index in [-0.39, 0.29) is 5.41 Å². The normalized spacial score (nSPS) is 12.9. The van der Waals surface area contributed by atoms with Gasteiger partial charge in [-0.05, 0) is 106 Å². The summed E-state index contributed by atoms with van der Waals surface area (Å²) in [6, 6.07) is 74.9. The molecule has 10 aromatic carbocycles. The van der Waals surface area contributed by atoms with E-state index in [4.69, 9.17) is 9.97 Å². The zero-order valence-electron chi connectivity index (χ0n) is 34.0. The summed E-state index contributed by atoms with van der Waals surface area (Å²) in [6.45, 7) is 4.73. The second-order valence-electron chi connectivity index (χ2n) is 16.9. The lowest BCUT2D eigenvalue weighted by Crippen LogP contribution is -2.14. The van der Waals surface area contributed by atoms with Crippen molar-refractivity contribution in [3.8, 4) is 67.3 Å². The van der Waals surface area contributed by atoms with Crippen LogP contribution >= 0.6 is 0 Å².